The molecule has 0 atom stereocenters. The number of carboxylic acids is 1. The molecular formula is C10H12N2O3. The number of hydrogen-bond donors (Lipinski definition) is 1. The first-order valence-electron chi connectivity index (χ1n) is 4.44. The maximum Gasteiger partial charge on any atom is 0.356 e. The van der Waals surface area contributed by atoms with E-state index in [0.29, 0.717) is 12.5 Å². The molecule has 0 spiro atoms. The molecule has 1 rings (SSSR count). The SMILES string of the molecule is C=C(C)CCOc1ccc(C(=O)O)nn1. The van der Waals surface area contributed by atoms with Crippen LogP contribution < -0.4 is 4.74 Å². The van der Waals surface area contributed by atoms with Gasteiger partial charge in [-0.25, -0.2) is 4.79 Å². The third-order valence-corrected chi connectivity index (χ3v) is 1.64. The van der Waals surface area contributed by atoms with Gasteiger partial charge in [0.05, 0.1) is 6.61 Å². The molecule has 0 amide bonds. The Morgan fingerprint density at radius 2 is 2.27 bits per heavy atom. The molecule has 1 N–H and O–H groups in total. The van der Waals surface area contributed by atoms with Gasteiger partial charge in [-0.3, -0.25) is 0 Å². The predicted octanol–water partition coefficient (Wildman–Crippen LogP) is 1.52. The number of aromatic carboxylic acids is 1. The maximum absolute atomic E-state index is 10.5. The Bertz CT molecular complexity index is 359. The van der Waals surface area contributed by atoms with Gasteiger partial charge in [-0.15, -0.1) is 16.8 Å². The third-order valence-electron chi connectivity index (χ3n) is 1.64. The summed E-state index contributed by atoms with van der Waals surface area (Å²) in [6.07, 6.45) is 0.738. The van der Waals surface area contributed by atoms with E-state index in [0.717, 1.165) is 12.0 Å². The summed E-state index contributed by atoms with van der Waals surface area (Å²) in [7, 11) is 0. The van der Waals surface area contributed by atoms with E-state index in [-0.39, 0.29) is 5.69 Å². The first kappa shape index (κ1) is 11.2. The molecule has 15 heavy (non-hydrogen) atoms. The molecule has 5 heteroatoms. The zero-order valence-electron chi connectivity index (χ0n) is 8.43. The Labute approximate surface area is 87.4 Å². The van der Waals surface area contributed by atoms with Crippen LogP contribution in [-0.2, 0) is 0 Å². The Balaban J connectivity index is 2.50. The largest absolute Gasteiger partial charge is 0.476 e. The Morgan fingerprint density at radius 3 is 2.73 bits per heavy atom. The van der Waals surface area contributed by atoms with Gasteiger partial charge >= 0.3 is 5.97 Å². The molecule has 0 radical (unpaired) electrons. The summed E-state index contributed by atoms with van der Waals surface area (Å²) in [4.78, 5) is 10.5. The van der Waals surface area contributed by atoms with E-state index >= 15 is 0 Å². The van der Waals surface area contributed by atoms with Gasteiger partial charge in [-0.1, -0.05) is 5.57 Å². The summed E-state index contributed by atoms with van der Waals surface area (Å²) >= 11 is 0. The zero-order valence-corrected chi connectivity index (χ0v) is 8.43. The second-order valence-corrected chi connectivity index (χ2v) is 3.12. The lowest BCUT2D eigenvalue weighted by molar-refractivity contribution is 0.0689. The van der Waals surface area contributed by atoms with Gasteiger partial charge < -0.3 is 9.84 Å². The highest BCUT2D eigenvalue weighted by atomic mass is 16.5. The van der Waals surface area contributed by atoms with Gasteiger partial charge in [0.2, 0.25) is 5.88 Å². The second-order valence-electron chi connectivity index (χ2n) is 3.12. The summed E-state index contributed by atoms with van der Waals surface area (Å²) in [6.45, 7) is 6.10. The molecule has 0 saturated carbocycles. The highest BCUT2D eigenvalue weighted by molar-refractivity contribution is 5.84. The molecule has 0 unspecified atom stereocenters. The molecule has 0 aliphatic rings. The lowest BCUT2D eigenvalue weighted by Crippen LogP contribution is -2.04. The van der Waals surface area contributed by atoms with Crippen LogP contribution in [-0.4, -0.2) is 27.9 Å². The van der Waals surface area contributed by atoms with Crippen molar-refractivity contribution in [3.63, 3.8) is 0 Å². The van der Waals surface area contributed by atoms with E-state index in [2.05, 4.69) is 16.8 Å². The van der Waals surface area contributed by atoms with Crippen LogP contribution in [0.1, 0.15) is 23.8 Å². The van der Waals surface area contributed by atoms with Crippen molar-refractivity contribution in [1.29, 1.82) is 0 Å². The Kier molecular flexibility index (Phi) is 3.79. The van der Waals surface area contributed by atoms with Gasteiger partial charge in [0.1, 0.15) is 0 Å². The smallest absolute Gasteiger partial charge is 0.356 e. The third kappa shape index (κ3) is 3.76. The van der Waals surface area contributed by atoms with Crippen molar-refractivity contribution in [2.45, 2.75) is 13.3 Å². The van der Waals surface area contributed by atoms with E-state index in [1.54, 1.807) is 0 Å². The molecule has 0 saturated heterocycles. The molecule has 80 valence electrons. The van der Waals surface area contributed by atoms with Gasteiger partial charge in [-0.2, -0.15) is 0 Å². The molecule has 0 bridgehead atoms. The Hall–Kier alpha value is -1.91. The van der Waals surface area contributed by atoms with Crippen molar-refractivity contribution in [1.82, 2.24) is 10.2 Å². The van der Waals surface area contributed by atoms with E-state index in [1.807, 2.05) is 6.92 Å². The molecule has 0 aromatic carbocycles. The Morgan fingerprint density at radius 1 is 1.53 bits per heavy atom. The molecule has 1 aromatic heterocycles. The normalized spacial score (nSPS) is 9.67. The summed E-state index contributed by atoms with van der Waals surface area (Å²) in [6, 6.07) is 2.83. The average molecular weight is 208 g/mol. The first-order chi connectivity index (χ1) is 7.09. The lowest BCUT2D eigenvalue weighted by Gasteiger charge is -2.03. The van der Waals surface area contributed by atoms with Crippen LogP contribution in [0.2, 0.25) is 0 Å². The van der Waals surface area contributed by atoms with Crippen LogP contribution >= 0.6 is 0 Å². The monoisotopic (exact) mass is 208 g/mol. The topological polar surface area (TPSA) is 72.3 Å². The summed E-state index contributed by atoms with van der Waals surface area (Å²) in [5, 5.41) is 15.7. The van der Waals surface area contributed by atoms with Gasteiger partial charge in [0.25, 0.3) is 0 Å². The predicted molar refractivity (Wildman–Crippen MR) is 53.9 cm³/mol. The molecule has 0 aliphatic carbocycles. The van der Waals surface area contributed by atoms with E-state index in [9.17, 15) is 4.79 Å². The summed E-state index contributed by atoms with van der Waals surface area (Å²) in [5.74, 6) is -0.780. The van der Waals surface area contributed by atoms with Gasteiger partial charge in [0.15, 0.2) is 5.69 Å². The minimum absolute atomic E-state index is 0.0951. The minimum atomic E-state index is -1.10. The highest BCUT2D eigenvalue weighted by Crippen LogP contribution is 2.06. The number of ether oxygens (including phenoxy) is 1. The fraction of sp³-hybridized carbons (Fsp3) is 0.300. The van der Waals surface area contributed by atoms with Crippen molar-refractivity contribution < 1.29 is 14.6 Å². The average Bonchev–Trinajstić information content (AvgIpc) is 2.18. The lowest BCUT2D eigenvalue weighted by atomic mass is 10.3. The van der Waals surface area contributed by atoms with Crippen LogP contribution in [0.25, 0.3) is 0 Å². The van der Waals surface area contributed by atoms with E-state index in [4.69, 9.17) is 9.84 Å². The molecule has 0 fully saturated rings. The highest BCUT2D eigenvalue weighted by Gasteiger charge is 2.05. The van der Waals surface area contributed by atoms with Crippen molar-refractivity contribution in [2.24, 2.45) is 0 Å². The molecular weight excluding hydrogens is 196 g/mol. The fourth-order valence-corrected chi connectivity index (χ4v) is 0.841. The van der Waals surface area contributed by atoms with Crippen LogP contribution in [0.4, 0.5) is 0 Å². The number of carboxylic acid groups (broad SMARTS) is 1. The van der Waals surface area contributed by atoms with Gasteiger partial charge in [0, 0.05) is 12.5 Å². The molecule has 0 aliphatic heterocycles. The molecule has 1 aromatic rings. The van der Waals surface area contributed by atoms with Crippen LogP contribution in [0.15, 0.2) is 24.3 Å². The van der Waals surface area contributed by atoms with Crippen molar-refractivity contribution >= 4 is 5.97 Å². The van der Waals surface area contributed by atoms with E-state index in [1.165, 1.54) is 12.1 Å². The number of carbonyl (C=O) groups is 1. The second kappa shape index (κ2) is 5.09. The van der Waals surface area contributed by atoms with Crippen molar-refractivity contribution in [3.05, 3.63) is 30.0 Å². The minimum Gasteiger partial charge on any atom is -0.476 e. The number of nitrogens with zero attached hydrogens (tertiary/aromatic N) is 2. The summed E-state index contributed by atoms with van der Waals surface area (Å²) < 4.78 is 5.22. The van der Waals surface area contributed by atoms with Crippen molar-refractivity contribution in [3.8, 4) is 5.88 Å². The first-order valence-corrected chi connectivity index (χ1v) is 4.44. The molecule has 1 heterocycles. The zero-order chi connectivity index (χ0) is 11.3. The maximum atomic E-state index is 10.5. The van der Waals surface area contributed by atoms with Crippen LogP contribution in [0, 0.1) is 0 Å². The quantitative estimate of drug-likeness (QED) is 0.742. The summed E-state index contributed by atoms with van der Waals surface area (Å²) in [5.41, 5.74) is 0.923. The van der Waals surface area contributed by atoms with Crippen LogP contribution in [0.5, 0.6) is 5.88 Å². The van der Waals surface area contributed by atoms with Gasteiger partial charge in [-0.05, 0) is 13.0 Å². The number of hydrogen-bond acceptors (Lipinski definition) is 4. The van der Waals surface area contributed by atoms with E-state index < -0.39 is 5.97 Å². The van der Waals surface area contributed by atoms with Crippen molar-refractivity contribution in [2.75, 3.05) is 6.61 Å². The van der Waals surface area contributed by atoms with Crippen LogP contribution in [0.3, 0.4) is 0 Å². The number of aromatic nitrogens is 2. The number of rotatable bonds is 5. The standard InChI is InChI=1S/C10H12N2O3/c1-7(2)5-6-15-9-4-3-8(10(13)14)11-12-9/h3-4H,1,5-6H2,2H3,(H,13,14). The molecule has 5 nitrogen and oxygen atoms in total. The fourth-order valence-electron chi connectivity index (χ4n) is 0.841.